The highest BCUT2D eigenvalue weighted by Gasteiger charge is 2.59. The molecule has 0 saturated heterocycles. The van der Waals surface area contributed by atoms with Crippen LogP contribution in [-0.2, 0) is 10.8 Å². The predicted molar refractivity (Wildman–Crippen MR) is 308 cm³/mol. The highest BCUT2D eigenvalue weighted by atomic mass is 15.1. The second-order valence-corrected chi connectivity index (χ2v) is 20.0. The van der Waals surface area contributed by atoms with Crippen LogP contribution in [0.15, 0.2) is 267 Å². The lowest BCUT2D eigenvalue weighted by Gasteiger charge is -2.49. The molecule has 74 heavy (non-hydrogen) atoms. The lowest BCUT2D eigenvalue weighted by atomic mass is 9.52. The second-order valence-electron chi connectivity index (χ2n) is 20.0. The van der Waals surface area contributed by atoms with Gasteiger partial charge in [0.2, 0.25) is 0 Å². The minimum Gasteiger partial charge on any atom is -0.292 e. The van der Waals surface area contributed by atoms with Crippen LogP contribution in [0.4, 0.5) is 0 Å². The quantitative estimate of drug-likeness (QED) is 0.120. The first-order valence-corrected chi connectivity index (χ1v) is 25.8. The van der Waals surface area contributed by atoms with Gasteiger partial charge in [-0.1, -0.05) is 237 Å². The Morgan fingerprint density at radius 2 is 0.851 bits per heavy atom. The van der Waals surface area contributed by atoms with Gasteiger partial charge in [0.1, 0.15) is 5.82 Å². The van der Waals surface area contributed by atoms with Crippen molar-refractivity contribution < 1.29 is 0 Å². The van der Waals surface area contributed by atoms with E-state index in [4.69, 9.17) is 4.98 Å². The SMILES string of the molecule is C=C(/C=C\C(=C/C)c1c2ccccc2c(-c2ccc3c(c2)C2(c4ccccc4-c4ccccc42)c2ccccc2C32c3ccccc3-c3ccccc32)c2ccccc12)c1nc2ccccc2n1-c1ccccc1. The largest absolute Gasteiger partial charge is 0.292 e. The molecule has 2 nitrogen and oxygen atoms in total. The Labute approximate surface area is 431 Å². The molecule has 0 saturated carbocycles. The first-order valence-electron chi connectivity index (χ1n) is 25.8. The first kappa shape index (κ1) is 42.3. The van der Waals surface area contributed by atoms with E-state index in [1.165, 1.54) is 105 Å². The van der Waals surface area contributed by atoms with E-state index in [1.807, 2.05) is 12.1 Å². The monoisotopic (exact) mass is 940 g/mol. The molecule has 0 N–H and O–H groups in total. The van der Waals surface area contributed by atoms with Crippen molar-refractivity contribution in [3.63, 3.8) is 0 Å². The molecule has 0 radical (unpaired) electrons. The van der Waals surface area contributed by atoms with Crippen LogP contribution in [0.3, 0.4) is 0 Å². The topological polar surface area (TPSA) is 17.8 Å². The Morgan fingerprint density at radius 1 is 0.419 bits per heavy atom. The van der Waals surface area contributed by atoms with Gasteiger partial charge < -0.3 is 0 Å². The van der Waals surface area contributed by atoms with Gasteiger partial charge in [-0.15, -0.1) is 0 Å². The number of nitrogens with zero attached hydrogens (tertiary/aromatic N) is 2. The van der Waals surface area contributed by atoms with Crippen LogP contribution < -0.4 is 0 Å². The zero-order valence-corrected chi connectivity index (χ0v) is 40.9. The van der Waals surface area contributed by atoms with E-state index in [0.717, 1.165) is 33.7 Å². The average molecular weight is 941 g/mol. The molecule has 0 aliphatic heterocycles. The lowest BCUT2D eigenvalue weighted by molar-refractivity contribution is 0.633. The average Bonchev–Trinajstić information content (AvgIpc) is 4.12. The Balaban J connectivity index is 0.979. The summed E-state index contributed by atoms with van der Waals surface area (Å²) < 4.78 is 2.22. The zero-order chi connectivity index (χ0) is 49.1. The third-order valence-corrected chi connectivity index (χ3v) is 16.6. The highest BCUT2D eigenvalue weighted by molar-refractivity contribution is 6.19. The number of hydrogen-bond donors (Lipinski definition) is 0. The molecule has 0 fully saturated rings. The summed E-state index contributed by atoms with van der Waals surface area (Å²) in [5.41, 5.74) is 23.3. The number of aromatic nitrogens is 2. The van der Waals surface area contributed by atoms with Crippen LogP contribution in [0.2, 0.25) is 0 Å². The van der Waals surface area contributed by atoms with Crippen molar-refractivity contribution in [2.75, 3.05) is 0 Å². The van der Waals surface area contributed by atoms with Crippen LogP contribution in [0.25, 0.3) is 82.8 Å². The molecule has 12 aromatic rings. The number of benzene rings is 11. The maximum atomic E-state index is 5.14. The number of hydrogen-bond acceptors (Lipinski definition) is 1. The summed E-state index contributed by atoms with van der Waals surface area (Å²) in [6.07, 6.45) is 6.61. The van der Waals surface area contributed by atoms with Gasteiger partial charge in [-0.2, -0.15) is 0 Å². The second kappa shape index (κ2) is 16.1. The summed E-state index contributed by atoms with van der Waals surface area (Å²) in [5.74, 6) is 0.820. The van der Waals surface area contributed by atoms with Gasteiger partial charge in [0.15, 0.2) is 0 Å². The minimum absolute atomic E-state index is 0.550. The Hall–Kier alpha value is -9.37. The molecule has 346 valence electrons. The minimum atomic E-state index is -0.592. The Bertz CT molecular complexity index is 4260. The van der Waals surface area contributed by atoms with Crippen molar-refractivity contribution in [1.82, 2.24) is 9.55 Å². The Morgan fingerprint density at radius 3 is 1.39 bits per heavy atom. The third kappa shape index (κ3) is 5.57. The third-order valence-electron chi connectivity index (χ3n) is 16.6. The van der Waals surface area contributed by atoms with Gasteiger partial charge in [-0.05, 0) is 148 Å². The number of para-hydroxylation sites is 3. The highest BCUT2D eigenvalue weighted by Crippen LogP contribution is 2.67. The van der Waals surface area contributed by atoms with Gasteiger partial charge in [0.05, 0.1) is 21.9 Å². The molecule has 3 aliphatic carbocycles. The molecule has 11 aromatic carbocycles. The molecule has 15 rings (SSSR count). The van der Waals surface area contributed by atoms with E-state index < -0.39 is 10.8 Å². The molecule has 2 heteroatoms. The lowest BCUT2D eigenvalue weighted by Crippen LogP contribution is -2.43. The fraction of sp³-hybridized carbons (Fsp3) is 0.0417. The fourth-order valence-electron chi connectivity index (χ4n) is 13.8. The number of allylic oxidation sites excluding steroid dienone is 5. The molecule has 0 atom stereocenters. The van der Waals surface area contributed by atoms with Gasteiger partial charge in [0.25, 0.3) is 0 Å². The van der Waals surface area contributed by atoms with Crippen LogP contribution in [0.1, 0.15) is 62.8 Å². The van der Waals surface area contributed by atoms with E-state index >= 15 is 0 Å². The summed E-state index contributed by atoms with van der Waals surface area (Å²) >= 11 is 0. The molecule has 3 aliphatic rings. The summed E-state index contributed by atoms with van der Waals surface area (Å²) in [4.78, 5) is 5.14. The molecule has 2 spiro atoms. The molecule has 0 bridgehead atoms. The predicted octanol–water partition coefficient (Wildman–Crippen LogP) is 17.7. The normalized spacial score (nSPS) is 14.3. The molecular formula is C72H48N2. The van der Waals surface area contributed by atoms with Crippen molar-refractivity contribution >= 4 is 43.7 Å². The molecule has 0 unspecified atom stereocenters. The van der Waals surface area contributed by atoms with Crippen molar-refractivity contribution in [2.24, 2.45) is 0 Å². The molecule has 1 aromatic heterocycles. The van der Waals surface area contributed by atoms with Crippen LogP contribution in [-0.4, -0.2) is 9.55 Å². The summed E-state index contributed by atoms with van der Waals surface area (Å²) in [6, 6.07) is 90.4. The summed E-state index contributed by atoms with van der Waals surface area (Å²) in [6.45, 7) is 6.79. The first-order chi connectivity index (χ1) is 36.6. The molecular weight excluding hydrogens is 893 g/mol. The number of rotatable bonds is 6. The van der Waals surface area contributed by atoms with E-state index in [-0.39, 0.29) is 0 Å². The van der Waals surface area contributed by atoms with Gasteiger partial charge in [0, 0.05) is 11.3 Å². The van der Waals surface area contributed by atoms with Crippen molar-refractivity contribution in [1.29, 1.82) is 0 Å². The van der Waals surface area contributed by atoms with Crippen LogP contribution in [0.5, 0.6) is 0 Å². The van der Waals surface area contributed by atoms with Crippen molar-refractivity contribution in [3.05, 3.63) is 323 Å². The number of fused-ring (bicyclic) bond motifs is 19. The summed E-state index contributed by atoms with van der Waals surface area (Å²) in [5, 5.41) is 4.82. The smallest absolute Gasteiger partial charge is 0.145 e. The van der Waals surface area contributed by atoms with E-state index in [9.17, 15) is 0 Å². The molecule has 0 amide bonds. The van der Waals surface area contributed by atoms with E-state index in [2.05, 4.69) is 267 Å². The maximum Gasteiger partial charge on any atom is 0.145 e. The maximum absolute atomic E-state index is 5.14. The standard InChI is InChI=1S/C72H48N2/c1-3-47(42-41-46(2)70-73-66-39-21-22-40-67(66)74(70)49-23-5-4-6-24-49)68-54-29-7-9-31-56(54)69(57-32-10-8-30-55(57)68)48-43-44-64-65(45-48)72(60-35-17-13-27-52(60)53-28-14-18-36-61(53)72)63-38-20-19-37-62(63)71(64)58-33-15-11-25-50(58)51-26-12-16-34-59(51)71/h3-45H,2H2,1H3/b42-41-,47-3+. The fourth-order valence-corrected chi connectivity index (χ4v) is 13.8. The van der Waals surface area contributed by atoms with E-state index in [1.54, 1.807) is 0 Å². The van der Waals surface area contributed by atoms with Gasteiger partial charge >= 0.3 is 0 Å². The summed E-state index contributed by atoms with van der Waals surface area (Å²) in [7, 11) is 0. The van der Waals surface area contributed by atoms with Crippen LogP contribution >= 0.6 is 0 Å². The number of imidazole rings is 1. The Kier molecular flexibility index (Phi) is 9.19. The van der Waals surface area contributed by atoms with Crippen LogP contribution in [0, 0.1) is 0 Å². The molecule has 1 heterocycles. The van der Waals surface area contributed by atoms with Crippen molar-refractivity contribution in [2.45, 2.75) is 17.8 Å². The van der Waals surface area contributed by atoms with E-state index in [0.29, 0.717) is 0 Å². The zero-order valence-electron chi connectivity index (χ0n) is 40.9. The van der Waals surface area contributed by atoms with Gasteiger partial charge in [-0.25, -0.2) is 4.98 Å². The van der Waals surface area contributed by atoms with Gasteiger partial charge in [-0.3, -0.25) is 4.57 Å². The van der Waals surface area contributed by atoms with Crippen molar-refractivity contribution in [3.8, 4) is 39.1 Å².